The van der Waals surface area contributed by atoms with Gasteiger partial charge in [-0.2, -0.15) is 0 Å². The number of carbonyl (C=O) groups excluding carboxylic acids is 2. The first-order chi connectivity index (χ1) is 11.6. The van der Waals surface area contributed by atoms with Gasteiger partial charge in [0.1, 0.15) is 6.04 Å². The van der Waals surface area contributed by atoms with Crippen molar-refractivity contribution in [2.45, 2.75) is 26.3 Å². The molecule has 0 spiro atoms. The Kier molecular flexibility index (Phi) is 6.32. The van der Waals surface area contributed by atoms with Crippen LogP contribution in [-0.2, 0) is 16.0 Å². The van der Waals surface area contributed by atoms with Gasteiger partial charge in [-0.1, -0.05) is 49.4 Å². The summed E-state index contributed by atoms with van der Waals surface area (Å²) in [7, 11) is 0. The van der Waals surface area contributed by atoms with E-state index in [9.17, 15) is 9.59 Å². The molecule has 0 aliphatic carbocycles. The first-order valence-electron chi connectivity index (χ1n) is 8.02. The summed E-state index contributed by atoms with van der Waals surface area (Å²) in [4.78, 5) is 24.1. The molecule has 2 aromatic rings. The average Bonchev–Trinajstić information content (AvgIpc) is 2.61. The lowest BCUT2D eigenvalue weighted by Crippen LogP contribution is -2.40. The molecule has 0 bridgehead atoms. The normalized spacial score (nSPS) is 11.9. The fourth-order valence-corrected chi connectivity index (χ4v) is 2.18. The van der Waals surface area contributed by atoms with Crippen LogP contribution in [0.3, 0.4) is 0 Å². The number of anilines is 1. The summed E-state index contributed by atoms with van der Waals surface area (Å²) in [5, 5.41) is 5.48. The van der Waals surface area contributed by atoms with Gasteiger partial charge in [-0.3, -0.25) is 9.59 Å². The fourth-order valence-electron chi connectivity index (χ4n) is 2.18. The van der Waals surface area contributed by atoms with Crippen LogP contribution < -0.4 is 10.6 Å². The Morgan fingerprint density at radius 3 is 2.54 bits per heavy atom. The maximum atomic E-state index is 12.2. The molecule has 0 fully saturated rings. The maximum Gasteiger partial charge on any atom is 0.246 e. The van der Waals surface area contributed by atoms with Crippen molar-refractivity contribution in [3.05, 3.63) is 71.8 Å². The van der Waals surface area contributed by atoms with Crippen LogP contribution in [0.25, 0.3) is 6.08 Å². The highest BCUT2D eigenvalue weighted by Crippen LogP contribution is 2.11. The molecule has 0 heterocycles. The molecule has 1 unspecified atom stereocenters. The van der Waals surface area contributed by atoms with Crippen LogP contribution in [-0.4, -0.2) is 17.9 Å². The molecule has 4 heteroatoms. The van der Waals surface area contributed by atoms with E-state index in [1.807, 2.05) is 54.6 Å². The zero-order valence-corrected chi connectivity index (χ0v) is 14.0. The van der Waals surface area contributed by atoms with Gasteiger partial charge < -0.3 is 10.6 Å². The number of benzene rings is 2. The molecule has 2 amide bonds. The molecule has 0 aliphatic heterocycles. The lowest BCUT2D eigenvalue weighted by atomic mass is 10.1. The van der Waals surface area contributed by atoms with Crippen molar-refractivity contribution < 1.29 is 9.59 Å². The summed E-state index contributed by atoms with van der Waals surface area (Å²) in [6, 6.07) is 16.6. The summed E-state index contributed by atoms with van der Waals surface area (Å²) in [5.41, 5.74) is 2.82. The van der Waals surface area contributed by atoms with E-state index >= 15 is 0 Å². The van der Waals surface area contributed by atoms with E-state index in [2.05, 4.69) is 17.6 Å². The Balaban J connectivity index is 1.88. The van der Waals surface area contributed by atoms with E-state index in [1.165, 1.54) is 6.08 Å². The summed E-state index contributed by atoms with van der Waals surface area (Å²) < 4.78 is 0. The van der Waals surface area contributed by atoms with Gasteiger partial charge in [0.15, 0.2) is 0 Å². The third-order valence-electron chi connectivity index (χ3n) is 3.58. The third kappa shape index (κ3) is 5.39. The Hall–Kier alpha value is -2.88. The van der Waals surface area contributed by atoms with Gasteiger partial charge in [0.25, 0.3) is 0 Å². The lowest BCUT2D eigenvalue weighted by Gasteiger charge is -2.13. The molecule has 4 nitrogen and oxygen atoms in total. The molecule has 124 valence electrons. The van der Waals surface area contributed by atoms with E-state index in [-0.39, 0.29) is 11.8 Å². The van der Waals surface area contributed by atoms with Crippen LogP contribution in [0.1, 0.15) is 25.0 Å². The number of hydrogen-bond acceptors (Lipinski definition) is 2. The van der Waals surface area contributed by atoms with Gasteiger partial charge >= 0.3 is 0 Å². The van der Waals surface area contributed by atoms with Crippen LogP contribution in [0.2, 0.25) is 0 Å². The molecule has 0 saturated heterocycles. The maximum absolute atomic E-state index is 12.2. The Bertz CT molecular complexity index is 723. The molecule has 0 saturated carbocycles. The average molecular weight is 322 g/mol. The molecule has 0 aromatic heterocycles. The summed E-state index contributed by atoms with van der Waals surface area (Å²) >= 11 is 0. The Labute approximate surface area is 142 Å². The highest BCUT2D eigenvalue weighted by atomic mass is 16.2. The van der Waals surface area contributed by atoms with Gasteiger partial charge in [0, 0.05) is 11.8 Å². The third-order valence-corrected chi connectivity index (χ3v) is 3.58. The fraction of sp³-hybridized carbons (Fsp3) is 0.200. The van der Waals surface area contributed by atoms with E-state index in [1.54, 1.807) is 13.0 Å². The van der Waals surface area contributed by atoms with Crippen molar-refractivity contribution in [1.29, 1.82) is 0 Å². The van der Waals surface area contributed by atoms with E-state index in [0.717, 1.165) is 23.2 Å². The second-order valence-electron chi connectivity index (χ2n) is 5.52. The number of hydrogen-bond donors (Lipinski definition) is 2. The van der Waals surface area contributed by atoms with Crippen LogP contribution >= 0.6 is 0 Å². The smallest absolute Gasteiger partial charge is 0.246 e. The van der Waals surface area contributed by atoms with Crippen LogP contribution in [0.4, 0.5) is 5.69 Å². The standard InChI is InChI=1S/C20H22N2O2/c1-3-16-10-7-11-18(14-16)22-20(24)15(2)21-19(23)13-12-17-8-5-4-6-9-17/h4-15H,3H2,1-2H3,(H,21,23)(H,22,24)/b13-12+. The molecule has 2 rings (SSSR count). The van der Waals surface area contributed by atoms with Gasteiger partial charge in [-0.05, 0) is 42.7 Å². The van der Waals surface area contributed by atoms with Crippen molar-refractivity contribution in [3.63, 3.8) is 0 Å². The van der Waals surface area contributed by atoms with Gasteiger partial charge in [-0.15, -0.1) is 0 Å². The van der Waals surface area contributed by atoms with E-state index in [4.69, 9.17) is 0 Å². The summed E-state index contributed by atoms with van der Waals surface area (Å²) in [5.74, 6) is -0.548. The molecule has 1 atom stereocenters. The molecule has 2 N–H and O–H groups in total. The second kappa shape index (κ2) is 8.67. The summed E-state index contributed by atoms with van der Waals surface area (Å²) in [6.07, 6.45) is 4.04. The van der Waals surface area contributed by atoms with Crippen molar-refractivity contribution in [2.24, 2.45) is 0 Å². The lowest BCUT2D eigenvalue weighted by molar-refractivity contribution is -0.123. The Morgan fingerprint density at radius 1 is 1.08 bits per heavy atom. The minimum atomic E-state index is -0.622. The monoisotopic (exact) mass is 322 g/mol. The number of nitrogens with one attached hydrogen (secondary N) is 2. The first-order valence-corrected chi connectivity index (χ1v) is 8.02. The molecular weight excluding hydrogens is 300 g/mol. The number of rotatable bonds is 6. The first kappa shape index (κ1) is 17.5. The zero-order valence-electron chi connectivity index (χ0n) is 14.0. The second-order valence-corrected chi connectivity index (χ2v) is 5.52. The van der Waals surface area contributed by atoms with Gasteiger partial charge in [0.05, 0.1) is 0 Å². The minimum absolute atomic E-state index is 0.246. The molecular formula is C20H22N2O2. The number of aryl methyl sites for hydroxylation is 1. The Morgan fingerprint density at radius 2 is 1.83 bits per heavy atom. The number of amides is 2. The predicted octanol–water partition coefficient (Wildman–Crippen LogP) is 3.41. The highest BCUT2D eigenvalue weighted by molar-refractivity contribution is 5.99. The molecule has 2 aromatic carbocycles. The van der Waals surface area contributed by atoms with Crippen molar-refractivity contribution >= 4 is 23.6 Å². The van der Waals surface area contributed by atoms with Crippen molar-refractivity contribution in [1.82, 2.24) is 5.32 Å². The van der Waals surface area contributed by atoms with Crippen LogP contribution in [0, 0.1) is 0 Å². The van der Waals surface area contributed by atoms with Crippen molar-refractivity contribution in [2.75, 3.05) is 5.32 Å². The minimum Gasteiger partial charge on any atom is -0.341 e. The van der Waals surface area contributed by atoms with Crippen LogP contribution in [0.5, 0.6) is 0 Å². The van der Waals surface area contributed by atoms with Gasteiger partial charge in [-0.25, -0.2) is 0 Å². The van der Waals surface area contributed by atoms with Crippen LogP contribution in [0.15, 0.2) is 60.7 Å². The highest BCUT2D eigenvalue weighted by Gasteiger charge is 2.14. The molecule has 24 heavy (non-hydrogen) atoms. The number of carbonyl (C=O) groups is 2. The summed E-state index contributed by atoms with van der Waals surface area (Å²) in [6.45, 7) is 3.72. The quantitative estimate of drug-likeness (QED) is 0.801. The van der Waals surface area contributed by atoms with Gasteiger partial charge in [0.2, 0.25) is 11.8 Å². The van der Waals surface area contributed by atoms with E-state index in [0.29, 0.717) is 0 Å². The topological polar surface area (TPSA) is 58.2 Å². The predicted molar refractivity (Wildman–Crippen MR) is 97.5 cm³/mol. The van der Waals surface area contributed by atoms with Crippen molar-refractivity contribution in [3.8, 4) is 0 Å². The molecule has 0 radical (unpaired) electrons. The largest absolute Gasteiger partial charge is 0.341 e. The van der Waals surface area contributed by atoms with E-state index < -0.39 is 6.04 Å². The molecule has 0 aliphatic rings. The SMILES string of the molecule is CCc1cccc(NC(=O)C(C)NC(=O)/C=C/c2ccccc2)c1. The zero-order chi connectivity index (χ0) is 17.4.